The lowest BCUT2D eigenvalue weighted by Crippen LogP contribution is -2.20. The first kappa shape index (κ1) is 19.4. The number of rotatable bonds is 7. The molecule has 0 unspecified atom stereocenters. The monoisotopic (exact) mass is 472 g/mol. The first-order valence-corrected chi connectivity index (χ1v) is 8.19. The van der Waals surface area contributed by atoms with Crippen molar-refractivity contribution in [3.05, 3.63) is 56.0 Å². The summed E-state index contributed by atoms with van der Waals surface area (Å²) < 4.78 is 15.7. The molecule has 0 aliphatic rings. The lowest BCUT2D eigenvalue weighted by Gasteiger charge is -2.09. The maximum absolute atomic E-state index is 11.9. The SMILES string of the molecule is COc1ccc([N+](=O)[O-])cc1NC(=O)COC(=O)/C=C/c1ccc(I)o1. The van der Waals surface area contributed by atoms with Gasteiger partial charge in [0.15, 0.2) is 10.4 Å². The number of nitrogens with zero attached hydrogens (tertiary/aromatic N) is 1. The van der Waals surface area contributed by atoms with E-state index in [0.717, 1.165) is 12.1 Å². The van der Waals surface area contributed by atoms with E-state index in [-0.39, 0.29) is 17.1 Å². The Bertz CT molecular complexity index is 860. The van der Waals surface area contributed by atoms with E-state index in [0.29, 0.717) is 9.53 Å². The summed E-state index contributed by atoms with van der Waals surface area (Å²) >= 11 is 1.98. The fourth-order valence-corrected chi connectivity index (χ4v) is 2.28. The molecule has 0 atom stereocenters. The van der Waals surface area contributed by atoms with Crippen LogP contribution in [-0.2, 0) is 14.3 Å². The topological polar surface area (TPSA) is 121 Å². The number of benzene rings is 1. The van der Waals surface area contributed by atoms with E-state index in [1.165, 1.54) is 25.3 Å². The Balaban J connectivity index is 1.92. The molecule has 136 valence electrons. The number of furan rings is 1. The number of carbonyl (C=O) groups is 2. The molecule has 1 aromatic heterocycles. The normalized spacial score (nSPS) is 10.5. The second-order valence-corrected chi connectivity index (χ2v) is 5.84. The number of nitrogens with one attached hydrogen (secondary N) is 1. The number of nitro benzene ring substituents is 1. The number of anilines is 1. The van der Waals surface area contributed by atoms with Gasteiger partial charge in [-0.25, -0.2) is 4.79 Å². The number of non-ortho nitro benzene ring substituents is 1. The number of methoxy groups -OCH3 is 1. The Morgan fingerprint density at radius 1 is 1.35 bits per heavy atom. The zero-order valence-corrected chi connectivity index (χ0v) is 15.6. The second-order valence-electron chi connectivity index (χ2n) is 4.77. The van der Waals surface area contributed by atoms with Gasteiger partial charge in [-0.3, -0.25) is 14.9 Å². The van der Waals surface area contributed by atoms with Gasteiger partial charge in [0.25, 0.3) is 11.6 Å². The fraction of sp³-hybridized carbons (Fsp3) is 0.125. The largest absolute Gasteiger partial charge is 0.495 e. The lowest BCUT2D eigenvalue weighted by molar-refractivity contribution is -0.384. The summed E-state index contributed by atoms with van der Waals surface area (Å²) in [6, 6.07) is 7.15. The Morgan fingerprint density at radius 3 is 2.73 bits per heavy atom. The van der Waals surface area contributed by atoms with Gasteiger partial charge in [0.1, 0.15) is 11.5 Å². The van der Waals surface area contributed by atoms with Gasteiger partial charge in [-0.15, -0.1) is 0 Å². The minimum Gasteiger partial charge on any atom is -0.495 e. The van der Waals surface area contributed by atoms with Crippen LogP contribution in [0, 0.1) is 13.9 Å². The molecule has 9 nitrogen and oxygen atoms in total. The second kappa shape index (κ2) is 8.99. The summed E-state index contributed by atoms with van der Waals surface area (Å²) in [6.45, 7) is -0.565. The van der Waals surface area contributed by atoms with Gasteiger partial charge >= 0.3 is 5.97 Å². The summed E-state index contributed by atoms with van der Waals surface area (Å²) in [5, 5.41) is 13.2. The minimum absolute atomic E-state index is 0.100. The molecule has 0 saturated carbocycles. The van der Waals surface area contributed by atoms with Crippen LogP contribution in [0.15, 0.2) is 40.8 Å². The van der Waals surface area contributed by atoms with Crippen LogP contribution in [0.25, 0.3) is 6.08 Å². The predicted octanol–water partition coefficient (Wildman–Crippen LogP) is 3.00. The minimum atomic E-state index is -0.738. The zero-order chi connectivity index (χ0) is 19.1. The highest BCUT2D eigenvalue weighted by Crippen LogP contribution is 2.28. The molecular formula is C16H13IN2O7. The summed E-state index contributed by atoms with van der Waals surface area (Å²) in [6.07, 6.45) is 2.53. The predicted molar refractivity (Wildman–Crippen MR) is 99.7 cm³/mol. The lowest BCUT2D eigenvalue weighted by atomic mass is 10.2. The molecule has 1 heterocycles. The van der Waals surface area contributed by atoms with Gasteiger partial charge in [-0.05, 0) is 46.9 Å². The van der Waals surface area contributed by atoms with Gasteiger partial charge < -0.3 is 19.2 Å². The first-order valence-electron chi connectivity index (χ1n) is 7.11. The van der Waals surface area contributed by atoms with Crippen molar-refractivity contribution >= 4 is 51.9 Å². The number of esters is 1. The third-order valence-corrected chi connectivity index (χ3v) is 3.57. The van der Waals surface area contributed by atoms with Crippen molar-refractivity contribution in [1.29, 1.82) is 0 Å². The molecule has 0 saturated heterocycles. The van der Waals surface area contributed by atoms with Crippen molar-refractivity contribution in [2.24, 2.45) is 0 Å². The Labute approximate surface area is 161 Å². The van der Waals surface area contributed by atoms with Gasteiger partial charge in [0, 0.05) is 18.2 Å². The van der Waals surface area contributed by atoms with Crippen LogP contribution >= 0.6 is 22.6 Å². The molecule has 10 heteroatoms. The van der Waals surface area contributed by atoms with Crippen molar-refractivity contribution in [3.8, 4) is 5.75 Å². The van der Waals surface area contributed by atoms with E-state index < -0.39 is 23.4 Å². The molecule has 0 aliphatic carbocycles. The van der Waals surface area contributed by atoms with E-state index in [2.05, 4.69) is 5.32 Å². The number of hydrogen-bond donors (Lipinski definition) is 1. The molecule has 0 bridgehead atoms. The highest BCUT2D eigenvalue weighted by Gasteiger charge is 2.14. The molecule has 0 fully saturated rings. The van der Waals surface area contributed by atoms with Crippen molar-refractivity contribution in [3.63, 3.8) is 0 Å². The zero-order valence-electron chi connectivity index (χ0n) is 13.4. The summed E-state index contributed by atoms with van der Waals surface area (Å²) in [7, 11) is 1.36. The molecular weight excluding hydrogens is 459 g/mol. The van der Waals surface area contributed by atoms with Crippen molar-refractivity contribution in [1.82, 2.24) is 0 Å². The molecule has 0 radical (unpaired) electrons. The average Bonchev–Trinajstić information content (AvgIpc) is 3.03. The van der Waals surface area contributed by atoms with Crippen molar-refractivity contribution in [2.75, 3.05) is 19.0 Å². The van der Waals surface area contributed by atoms with Crippen LogP contribution in [0.3, 0.4) is 0 Å². The molecule has 0 aliphatic heterocycles. The number of hydrogen-bond acceptors (Lipinski definition) is 7. The van der Waals surface area contributed by atoms with Crippen LogP contribution in [0.5, 0.6) is 5.75 Å². The summed E-state index contributed by atoms with van der Waals surface area (Å²) in [5.41, 5.74) is -0.113. The van der Waals surface area contributed by atoms with E-state index in [1.807, 2.05) is 22.6 Å². The number of nitro groups is 1. The standard InChI is InChI=1S/C16H13IN2O7/c1-24-13-5-2-10(19(22)23)8-12(13)18-15(20)9-25-16(21)7-4-11-3-6-14(17)26-11/h2-8H,9H2,1H3,(H,18,20)/b7-4+. The van der Waals surface area contributed by atoms with Crippen molar-refractivity contribution < 1.29 is 28.4 Å². The van der Waals surface area contributed by atoms with Gasteiger partial charge in [0.05, 0.1) is 17.7 Å². The van der Waals surface area contributed by atoms with Gasteiger partial charge in [-0.2, -0.15) is 0 Å². The number of halogens is 1. The van der Waals surface area contributed by atoms with Gasteiger partial charge in [-0.1, -0.05) is 0 Å². The quantitative estimate of drug-likeness (QED) is 0.216. The number of carbonyl (C=O) groups excluding carboxylic acids is 2. The summed E-state index contributed by atoms with van der Waals surface area (Å²) in [4.78, 5) is 33.7. The Hall–Kier alpha value is -2.89. The van der Waals surface area contributed by atoms with E-state index in [4.69, 9.17) is 13.9 Å². The molecule has 2 aromatic rings. The molecule has 1 amide bonds. The van der Waals surface area contributed by atoms with Crippen LogP contribution in [-0.4, -0.2) is 30.5 Å². The van der Waals surface area contributed by atoms with E-state index in [9.17, 15) is 19.7 Å². The fourth-order valence-electron chi connectivity index (χ4n) is 1.85. The smallest absolute Gasteiger partial charge is 0.331 e. The van der Waals surface area contributed by atoms with Crippen LogP contribution < -0.4 is 10.1 Å². The van der Waals surface area contributed by atoms with Gasteiger partial charge in [0.2, 0.25) is 0 Å². The third-order valence-electron chi connectivity index (χ3n) is 2.99. The van der Waals surface area contributed by atoms with Crippen molar-refractivity contribution in [2.45, 2.75) is 0 Å². The molecule has 26 heavy (non-hydrogen) atoms. The maximum atomic E-state index is 11.9. The molecule has 1 N–H and O–H groups in total. The average molecular weight is 472 g/mol. The molecule has 2 rings (SSSR count). The highest BCUT2D eigenvalue weighted by molar-refractivity contribution is 14.1. The Kier molecular flexibility index (Phi) is 6.72. The molecule has 0 spiro atoms. The van der Waals surface area contributed by atoms with Crippen LogP contribution in [0.1, 0.15) is 5.76 Å². The highest BCUT2D eigenvalue weighted by atomic mass is 127. The first-order chi connectivity index (χ1) is 12.4. The third kappa shape index (κ3) is 5.58. The Morgan fingerprint density at radius 2 is 2.12 bits per heavy atom. The van der Waals surface area contributed by atoms with E-state index >= 15 is 0 Å². The summed E-state index contributed by atoms with van der Waals surface area (Å²) in [5.74, 6) is -0.699. The van der Waals surface area contributed by atoms with Crippen LogP contribution in [0.2, 0.25) is 0 Å². The van der Waals surface area contributed by atoms with E-state index in [1.54, 1.807) is 12.1 Å². The number of ether oxygens (including phenoxy) is 2. The maximum Gasteiger partial charge on any atom is 0.331 e. The van der Waals surface area contributed by atoms with Crippen LogP contribution in [0.4, 0.5) is 11.4 Å². The molecule has 1 aromatic carbocycles. The number of amides is 1.